The molecule has 73 heavy (non-hydrogen) atoms. The molecule has 3 aromatic heterocycles. The third-order valence-corrected chi connectivity index (χ3v) is 16.5. The number of anilines is 3. The molecule has 0 aliphatic carbocycles. The highest BCUT2D eigenvalue weighted by atomic mass is 16.3. The Kier molecular flexibility index (Phi) is 9.82. The van der Waals surface area contributed by atoms with Crippen molar-refractivity contribution in [3.63, 3.8) is 0 Å². The van der Waals surface area contributed by atoms with E-state index in [1.807, 2.05) is 0 Å². The standard InChI is InChI=1S/C68H74BN3O/c1-63(2,3)39-24-27-45(28-25-39)71-57-36-43(67(13,14)15)31-49-51-33-41(65(7,8)9)32-50-48-37-55-47(46-30-40(64(4,5)6)26-29-54(46)70(55)44-22-20-19-21-23-44)38-56(48)72(59(50)51)69(58(49)57)62-60(71)52-34-42(66(10,11)12)35-53(61(52)73-62)68(16,17)18/h19-38H,1-18H3. The van der Waals surface area contributed by atoms with Crippen molar-refractivity contribution in [2.75, 3.05) is 4.90 Å². The van der Waals surface area contributed by atoms with Gasteiger partial charge in [-0.25, -0.2) is 0 Å². The summed E-state index contributed by atoms with van der Waals surface area (Å²) in [6.07, 6.45) is 0. The van der Waals surface area contributed by atoms with Gasteiger partial charge in [0.05, 0.1) is 16.7 Å². The SMILES string of the molecule is CC(C)(C)c1ccc(N2c3cc(C(C)(C)C)cc4c3B(c3oc5c(C(C)(C)C)cc(C(C)(C)C)cc5c32)n2c3cc5c6cc(C(C)(C)C)ccc6n(-c6ccccc6)c5cc3c3cc(C(C)(C)C)cc-4c32)cc1. The molecule has 4 nitrogen and oxygen atoms in total. The van der Waals surface area contributed by atoms with Crippen molar-refractivity contribution in [2.45, 2.75) is 157 Å². The Hall–Kier alpha value is -6.46. The lowest BCUT2D eigenvalue weighted by Gasteiger charge is -2.40. The second-order valence-electron chi connectivity index (χ2n) is 28.0. The molecule has 370 valence electrons. The first-order chi connectivity index (χ1) is 34.0. The molecular weight excluding hydrogens is 886 g/mol. The van der Waals surface area contributed by atoms with Gasteiger partial charge in [0, 0.05) is 66.2 Å². The molecule has 12 rings (SSSR count). The van der Waals surface area contributed by atoms with E-state index in [0.29, 0.717) is 0 Å². The molecule has 0 spiro atoms. The fourth-order valence-electron chi connectivity index (χ4n) is 12.2. The monoisotopic (exact) mass is 960 g/mol. The largest absolute Gasteiger partial charge is 0.466 e. The van der Waals surface area contributed by atoms with Gasteiger partial charge in [-0.05, 0) is 144 Å². The van der Waals surface area contributed by atoms with Crippen molar-refractivity contribution in [3.05, 3.63) is 155 Å². The summed E-state index contributed by atoms with van der Waals surface area (Å²) in [6.45, 7) is 41.9. The van der Waals surface area contributed by atoms with Crippen LogP contribution in [0, 0.1) is 0 Å². The van der Waals surface area contributed by atoms with Crippen LogP contribution in [0.2, 0.25) is 0 Å². The Labute approximate surface area is 434 Å². The van der Waals surface area contributed by atoms with Crippen LogP contribution in [0.4, 0.5) is 17.1 Å². The van der Waals surface area contributed by atoms with Crippen molar-refractivity contribution in [2.24, 2.45) is 0 Å². The first-order valence-electron chi connectivity index (χ1n) is 26.9. The molecule has 0 amide bonds. The van der Waals surface area contributed by atoms with Gasteiger partial charge in [-0.15, -0.1) is 0 Å². The number of para-hydroxylation sites is 1. The Balaban J connectivity index is 1.31. The molecule has 0 saturated heterocycles. The topological polar surface area (TPSA) is 26.2 Å². The number of hydrogen-bond acceptors (Lipinski definition) is 2. The third-order valence-electron chi connectivity index (χ3n) is 16.5. The van der Waals surface area contributed by atoms with Crippen molar-refractivity contribution in [1.29, 1.82) is 0 Å². The number of fused-ring (bicyclic) bond motifs is 12. The second-order valence-corrected chi connectivity index (χ2v) is 28.0. The van der Waals surface area contributed by atoms with Crippen LogP contribution in [0.15, 0.2) is 126 Å². The summed E-state index contributed by atoms with van der Waals surface area (Å²) in [4.78, 5) is 2.60. The van der Waals surface area contributed by atoms with E-state index < -0.39 is 0 Å². The lowest BCUT2D eigenvalue weighted by molar-refractivity contribution is 0.557. The van der Waals surface area contributed by atoms with Crippen molar-refractivity contribution in [3.8, 4) is 16.8 Å². The molecule has 0 atom stereocenters. The molecule has 7 aromatic carbocycles. The van der Waals surface area contributed by atoms with Crippen molar-refractivity contribution >= 4 is 89.6 Å². The molecule has 0 fully saturated rings. The highest BCUT2D eigenvalue weighted by molar-refractivity contribution is 6.89. The summed E-state index contributed by atoms with van der Waals surface area (Å²) < 4.78 is 13.1. The van der Waals surface area contributed by atoms with Gasteiger partial charge in [0.1, 0.15) is 11.2 Å². The minimum atomic E-state index is -0.254. The zero-order chi connectivity index (χ0) is 52.0. The number of aromatic nitrogens is 2. The molecule has 5 heteroatoms. The molecule has 0 N–H and O–H groups in total. The van der Waals surface area contributed by atoms with Crippen LogP contribution in [-0.2, 0) is 32.5 Å². The normalized spacial score (nSPS) is 14.4. The van der Waals surface area contributed by atoms with Gasteiger partial charge in [-0.3, -0.25) is 0 Å². The number of hydrogen-bond donors (Lipinski definition) is 0. The average Bonchev–Trinajstić information content (AvgIpc) is 3.95. The van der Waals surface area contributed by atoms with E-state index in [0.717, 1.165) is 22.6 Å². The predicted octanol–water partition coefficient (Wildman–Crippen LogP) is 17.8. The van der Waals surface area contributed by atoms with Crippen LogP contribution < -0.4 is 16.0 Å². The fourth-order valence-corrected chi connectivity index (χ4v) is 12.2. The summed E-state index contributed by atoms with van der Waals surface area (Å²) in [5.74, 6) is 0. The van der Waals surface area contributed by atoms with Gasteiger partial charge in [-0.2, -0.15) is 0 Å². The van der Waals surface area contributed by atoms with E-state index in [1.54, 1.807) is 0 Å². The summed E-state index contributed by atoms with van der Waals surface area (Å²) in [5, 5.41) is 6.26. The van der Waals surface area contributed by atoms with Crippen molar-refractivity contribution < 1.29 is 4.42 Å². The minimum absolute atomic E-state index is 0.00993. The predicted molar refractivity (Wildman–Crippen MR) is 316 cm³/mol. The highest BCUT2D eigenvalue weighted by Crippen LogP contribution is 2.52. The molecule has 10 aromatic rings. The van der Waals surface area contributed by atoms with E-state index in [4.69, 9.17) is 4.42 Å². The van der Waals surface area contributed by atoms with Crippen LogP contribution in [0.25, 0.3) is 71.4 Å². The lowest BCUT2D eigenvalue weighted by Crippen LogP contribution is -2.56. The maximum Gasteiger partial charge on any atom is 0.375 e. The first-order valence-corrected chi connectivity index (χ1v) is 26.9. The minimum Gasteiger partial charge on any atom is -0.466 e. The van der Waals surface area contributed by atoms with E-state index in [9.17, 15) is 0 Å². The molecular formula is C68H74BN3O. The molecule has 0 saturated carbocycles. The Morgan fingerprint density at radius 1 is 0.397 bits per heavy atom. The lowest BCUT2D eigenvalue weighted by atomic mass is 9.47. The van der Waals surface area contributed by atoms with E-state index in [-0.39, 0.29) is 39.3 Å². The number of benzene rings is 7. The fraction of sp³-hybridized carbons (Fsp3) is 0.353. The van der Waals surface area contributed by atoms with Crippen LogP contribution in [0.3, 0.4) is 0 Å². The maximum absolute atomic E-state index is 7.84. The average molecular weight is 960 g/mol. The smallest absolute Gasteiger partial charge is 0.375 e. The first kappa shape index (κ1) is 47.5. The van der Waals surface area contributed by atoms with Gasteiger partial charge in [0.2, 0.25) is 0 Å². The third kappa shape index (κ3) is 7.14. The molecule has 0 radical (unpaired) electrons. The maximum atomic E-state index is 7.84. The van der Waals surface area contributed by atoms with Crippen LogP contribution >= 0.6 is 0 Å². The van der Waals surface area contributed by atoms with Crippen LogP contribution in [0.1, 0.15) is 158 Å². The second kappa shape index (κ2) is 15.1. The van der Waals surface area contributed by atoms with Gasteiger partial charge in [-0.1, -0.05) is 173 Å². The summed E-state index contributed by atoms with van der Waals surface area (Å²) in [5.41, 5.74) is 22.8. The van der Waals surface area contributed by atoms with Gasteiger partial charge < -0.3 is 18.4 Å². The summed E-state index contributed by atoms with van der Waals surface area (Å²) in [6, 6.07) is 47.7. The zero-order valence-corrected chi connectivity index (χ0v) is 46.9. The van der Waals surface area contributed by atoms with Gasteiger partial charge in [0.25, 0.3) is 0 Å². The Bertz CT molecular complexity index is 3940. The van der Waals surface area contributed by atoms with Crippen LogP contribution in [-0.4, -0.2) is 15.9 Å². The molecule has 2 aliphatic rings. The van der Waals surface area contributed by atoms with E-state index in [1.165, 1.54) is 110 Å². The molecule has 5 heterocycles. The highest BCUT2D eigenvalue weighted by Gasteiger charge is 2.48. The number of furan rings is 1. The quantitative estimate of drug-likeness (QED) is 0.161. The van der Waals surface area contributed by atoms with Crippen molar-refractivity contribution in [1.82, 2.24) is 9.05 Å². The number of nitrogens with zero attached hydrogens (tertiary/aromatic N) is 3. The van der Waals surface area contributed by atoms with Gasteiger partial charge in [0.15, 0.2) is 0 Å². The van der Waals surface area contributed by atoms with E-state index >= 15 is 0 Å². The molecule has 2 aliphatic heterocycles. The van der Waals surface area contributed by atoms with Crippen LogP contribution in [0.5, 0.6) is 0 Å². The zero-order valence-electron chi connectivity index (χ0n) is 46.9. The molecule has 0 unspecified atom stereocenters. The Morgan fingerprint density at radius 3 is 1.53 bits per heavy atom. The Morgan fingerprint density at radius 2 is 0.918 bits per heavy atom. The number of rotatable bonds is 2. The molecule has 0 bridgehead atoms. The summed E-state index contributed by atoms with van der Waals surface area (Å²) >= 11 is 0. The van der Waals surface area contributed by atoms with E-state index in [2.05, 4.69) is 260 Å². The van der Waals surface area contributed by atoms with Gasteiger partial charge >= 0.3 is 6.85 Å². The summed E-state index contributed by atoms with van der Waals surface area (Å²) in [7, 11) is 0.